The molecule has 2 atom stereocenters. The smallest absolute Gasteiger partial charge is 0.220 e. The average Bonchev–Trinajstić information content (AvgIpc) is 2.83. The number of nitrogens with two attached hydrogens (primary N) is 1. The van der Waals surface area contributed by atoms with Crippen LogP contribution in [0.3, 0.4) is 0 Å². The topological polar surface area (TPSA) is 68.0 Å². The van der Waals surface area contributed by atoms with Crippen molar-refractivity contribution in [2.75, 3.05) is 6.54 Å². The molecule has 1 heterocycles. The van der Waals surface area contributed by atoms with E-state index in [-0.39, 0.29) is 11.9 Å². The first-order valence-corrected chi connectivity index (χ1v) is 8.36. The average molecular weight is 297 g/mol. The maximum absolute atomic E-state index is 12.0. The van der Waals surface area contributed by atoms with E-state index in [0.717, 1.165) is 36.4 Å². The maximum Gasteiger partial charge on any atom is 0.220 e. The molecule has 0 fully saturated rings. The molecule has 0 aliphatic carbocycles. The van der Waals surface area contributed by atoms with Crippen LogP contribution < -0.4 is 11.1 Å². The van der Waals surface area contributed by atoms with E-state index in [2.05, 4.69) is 17.2 Å². The van der Waals surface area contributed by atoms with Gasteiger partial charge in [-0.25, -0.2) is 4.98 Å². The summed E-state index contributed by atoms with van der Waals surface area (Å²) in [5.41, 5.74) is 6.63. The van der Waals surface area contributed by atoms with Crippen molar-refractivity contribution >= 4 is 17.2 Å². The second-order valence-electron chi connectivity index (χ2n) is 5.39. The Labute approximate surface area is 126 Å². The molecule has 0 saturated carbocycles. The van der Waals surface area contributed by atoms with Crippen LogP contribution in [0.5, 0.6) is 0 Å². The Hall–Kier alpha value is -0.940. The van der Waals surface area contributed by atoms with Crippen LogP contribution in [0, 0.1) is 12.8 Å². The third kappa shape index (κ3) is 6.01. The molecule has 0 aromatic carbocycles. The summed E-state index contributed by atoms with van der Waals surface area (Å²) in [6.45, 7) is 6.84. The third-order valence-corrected chi connectivity index (χ3v) is 4.58. The minimum Gasteiger partial charge on any atom is -0.347 e. The SMILES string of the molecule is CCCC(CCN)CCC(=O)NC(C)c1nc(C)cs1. The number of carbonyl (C=O) groups excluding carboxylic acids is 1. The molecule has 0 spiro atoms. The highest BCUT2D eigenvalue weighted by molar-refractivity contribution is 7.09. The Morgan fingerprint density at radius 3 is 2.75 bits per heavy atom. The lowest BCUT2D eigenvalue weighted by Crippen LogP contribution is -2.27. The van der Waals surface area contributed by atoms with Crippen LogP contribution >= 0.6 is 11.3 Å². The van der Waals surface area contributed by atoms with Gasteiger partial charge in [-0.05, 0) is 39.2 Å². The number of rotatable bonds is 9. The number of nitrogens with one attached hydrogen (secondary N) is 1. The van der Waals surface area contributed by atoms with Crippen molar-refractivity contribution in [3.05, 3.63) is 16.1 Å². The van der Waals surface area contributed by atoms with E-state index < -0.39 is 0 Å². The lowest BCUT2D eigenvalue weighted by Gasteiger charge is -2.16. The van der Waals surface area contributed by atoms with E-state index in [9.17, 15) is 4.79 Å². The van der Waals surface area contributed by atoms with Crippen molar-refractivity contribution in [1.82, 2.24) is 10.3 Å². The van der Waals surface area contributed by atoms with E-state index in [1.54, 1.807) is 11.3 Å². The molecule has 1 aromatic heterocycles. The van der Waals surface area contributed by atoms with Gasteiger partial charge in [-0.15, -0.1) is 11.3 Å². The number of hydrogen-bond donors (Lipinski definition) is 2. The molecule has 5 heteroatoms. The Morgan fingerprint density at radius 2 is 2.20 bits per heavy atom. The molecular weight excluding hydrogens is 270 g/mol. The minimum absolute atomic E-state index is 0.000309. The Balaban J connectivity index is 2.35. The lowest BCUT2D eigenvalue weighted by molar-refractivity contribution is -0.122. The zero-order valence-corrected chi connectivity index (χ0v) is 13.6. The molecule has 0 saturated heterocycles. The second kappa shape index (κ2) is 9.08. The highest BCUT2D eigenvalue weighted by Gasteiger charge is 2.14. The fourth-order valence-electron chi connectivity index (χ4n) is 2.36. The molecule has 1 rings (SSSR count). The van der Waals surface area contributed by atoms with Crippen LogP contribution in [0.4, 0.5) is 0 Å². The Morgan fingerprint density at radius 1 is 1.45 bits per heavy atom. The number of hydrogen-bond acceptors (Lipinski definition) is 4. The molecule has 2 unspecified atom stereocenters. The van der Waals surface area contributed by atoms with Crippen molar-refractivity contribution in [3.63, 3.8) is 0 Å². The summed E-state index contributed by atoms with van der Waals surface area (Å²) in [6, 6.07) is 0.000309. The quantitative estimate of drug-likeness (QED) is 0.735. The van der Waals surface area contributed by atoms with E-state index in [1.165, 1.54) is 0 Å². The molecule has 1 aromatic rings. The normalized spacial score (nSPS) is 14.0. The van der Waals surface area contributed by atoms with Gasteiger partial charge in [0, 0.05) is 17.5 Å². The monoisotopic (exact) mass is 297 g/mol. The first-order valence-electron chi connectivity index (χ1n) is 7.48. The van der Waals surface area contributed by atoms with Gasteiger partial charge in [0.05, 0.1) is 6.04 Å². The number of aromatic nitrogens is 1. The van der Waals surface area contributed by atoms with E-state index in [4.69, 9.17) is 5.73 Å². The molecule has 0 bridgehead atoms. The number of amides is 1. The molecule has 0 aliphatic rings. The van der Waals surface area contributed by atoms with Crippen LogP contribution in [0.1, 0.15) is 62.7 Å². The van der Waals surface area contributed by atoms with Crippen LogP contribution in [0.15, 0.2) is 5.38 Å². The molecule has 0 aliphatic heterocycles. The Bertz CT molecular complexity index is 400. The van der Waals surface area contributed by atoms with Crippen molar-refractivity contribution in [3.8, 4) is 0 Å². The van der Waals surface area contributed by atoms with Crippen molar-refractivity contribution < 1.29 is 4.79 Å². The standard InChI is InChI=1S/C15H27N3OS/c1-4-5-13(8-9-16)6-7-14(19)18-12(3)15-17-11(2)10-20-15/h10,12-13H,4-9,16H2,1-3H3,(H,18,19). The lowest BCUT2D eigenvalue weighted by atomic mass is 9.94. The predicted octanol–water partition coefficient (Wildman–Crippen LogP) is 3.17. The second-order valence-corrected chi connectivity index (χ2v) is 6.28. The van der Waals surface area contributed by atoms with Gasteiger partial charge in [0.25, 0.3) is 0 Å². The molecule has 3 N–H and O–H groups in total. The van der Waals surface area contributed by atoms with Crippen LogP contribution in [-0.4, -0.2) is 17.4 Å². The number of carbonyl (C=O) groups is 1. The summed E-state index contributed by atoms with van der Waals surface area (Å²) in [6.07, 6.45) is 4.84. The van der Waals surface area contributed by atoms with Crippen molar-refractivity contribution in [1.29, 1.82) is 0 Å². The van der Waals surface area contributed by atoms with E-state index >= 15 is 0 Å². The third-order valence-electron chi connectivity index (χ3n) is 3.44. The van der Waals surface area contributed by atoms with Crippen molar-refractivity contribution in [2.24, 2.45) is 11.7 Å². The van der Waals surface area contributed by atoms with E-state index in [0.29, 0.717) is 18.9 Å². The molecule has 20 heavy (non-hydrogen) atoms. The van der Waals surface area contributed by atoms with E-state index in [1.807, 2.05) is 19.2 Å². The summed E-state index contributed by atoms with van der Waals surface area (Å²) >= 11 is 1.60. The molecule has 1 amide bonds. The molecule has 114 valence electrons. The minimum atomic E-state index is 0.000309. The van der Waals surface area contributed by atoms with Gasteiger partial charge in [-0.2, -0.15) is 0 Å². The van der Waals surface area contributed by atoms with Gasteiger partial charge in [0.2, 0.25) is 5.91 Å². The van der Waals surface area contributed by atoms with Gasteiger partial charge in [-0.3, -0.25) is 4.79 Å². The predicted molar refractivity (Wildman–Crippen MR) is 84.7 cm³/mol. The Kier molecular flexibility index (Phi) is 7.77. The molecular formula is C15H27N3OS. The van der Waals surface area contributed by atoms with Crippen LogP contribution in [-0.2, 0) is 4.79 Å². The zero-order valence-electron chi connectivity index (χ0n) is 12.8. The molecule has 4 nitrogen and oxygen atoms in total. The fourth-order valence-corrected chi connectivity index (χ4v) is 3.16. The van der Waals surface area contributed by atoms with Crippen LogP contribution in [0.25, 0.3) is 0 Å². The summed E-state index contributed by atoms with van der Waals surface area (Å²) in [5, 5.41) is 6.01. The summed E-state index contributed by atoms with van der Waals surface area (Å²) in [5.74, 6) is 0.691. The maximum atomic E-state index is 12.0. The van der Waals surface area contributed by atoms with Gasteiger partial charge in [-0.1, -0.05) is 19.8 Å². The zero-order chi connectivity index (χ0) is 15.0. The highest BCUT2D eigenvalue weighted by Crippen LogP contribution is 2.19. The van der Waals surface area contributed by atoms with Crippen molar-refractivity contribution in [2.45, 2.75) is 58.9 Å². The van der Waals surface area contributed by atoms with Gasteiger partial charge >= 0.3 is 0 Å². The number of nitrogens with zero attached hydrogens (tertiary/aromatic N) is 1. The fraction of sp³-hybridized carbons (Fsp3) is 0.733. The largest absolute Gasteiger partial charge is 0.347 e. The van der Waals surface area contributed by atoms with Gasteiger partial charge in [0.15, 0.2) is 0 Å². The number of thiazole rings is 1. The van der Waals surface area contributed by atoms with Gasteiger partial charge < -0.3 is 11.1 Å². The summed E-state index contributed by atoms with van der Waals surface area (Å²) in [4.78, 5) is 16.4. The van der Waals surface area contributed by atoms with Gasteiger partial charge in [0.1, 0.15) is 5.01 Å². The number of aryl methyl sites for hydroxylation is 1. The summed E-state index contributed by atoms with van der Waals surface area (Å²) in [7, 11) is 0. The summed E-state index contributed by atoms with van der Waals surface area (Å²) < 4.78 is 0. The first kappa shape index (κ1) is 17.1. The first-order chi connectivity index (χ1) is 9.56. The highest BCUT2D eigenvalue weighted by atomic mass is 32.1. The molecule has 0 radical (unpaired) electrons. The van der Waals surface area contributed by atoms with Crippen LogP contribution in [0.2, 0.25) is 0 Å².